The van der Waals surface area contributed by atoms with Gasteiger partial charge in [-0.1, -0.05) is 67.6 Å². The van der Waals surface area contributed by atoms with E-state index in [1.54, 1.807) is 0 Å². The van der Waals surface area contributed by atoms with Gasteiger partial charge in [-0.3, -0.25) is 9.59 Å². The number of para-hydroxylation sites is 1. The van der Waals surface area contributed by atoms with Crippen LogP contribution in [0.25, 0.3) is 10.8 Å². The highest BCUT2D eigenvalue weighted by atomic mass is 16.2. The maximum atomic E-state index is 12.2. The van der Waals surface area contributed by atoms with E-state index in [1.807, 2.05) is 54.7 Å². The summed E-state index contributed by atoms with van der Waals surface area (Å²) in [5, 5.41) is 9.95. The molecule has 0 radical (unpaired) electrons. The number of carbonyl (C=O) groups is 2. The number of nitrogens with one attached hydrogen (secondary N) is 2. The molecule has 3 rings (SSSR count). The summed E-state index contributed by atoms with van der Waals surface area (Å²) < 4.78 is 0. The molecular weight excluding hydrogens is 362 g/mol. The molecular formula is C24H28N3O2+. The van der Waals surface area contributed by atoms with Gasteiger partial charge >= 0.3 is 0 Å². The monoisotopic (exact) mass is 390 g/mol. The molecule has 0 aliphatic carbocycles. The summed E-state index contributed by atoms with van der Waals surface area (Å²) >= 11 is 0. The smallest absolute Gasteiger partial charge is 0.275 e. The van der Waals surface area contributed by atoms with E-state index < -0.39 is 0 Å². The predicted octanol–water partition coefficient (Wildman–Crippen LogP) is 2.78. The van der Waals surface area contributed by atoms with Crippen molar-refractivity contribution in [3.63, 3.8) is 0 Å². The molecule has 0 aliphatic rings. The highest BCUT2D eigenvalue weighted by Gasteiger charge is 2.15. The SMILES string of the molecule is CCc1ccccc1NC(=O)CNC(=O)C[NH2+][C@@H](C)c1cccc2ccccc12. The highest BCUT2D eigenvalue weighted by Crippen LogP contribution is 2.22. The minimum Gasteiger partial charge on any atom is -0.342 e. The van der Waals surface area contributed by atoms with Crippen molar-refractivity contribution >= 4 is 28.3 Å². The summed E-state index contributed by atoms with van der Waals surface area (Å²) in [6.07, 6.45) is 0.837. The summed E-state index contributed by atoms with van der Waals surface area (Å²) in [4.78, 5) is 24.4. The molecule has 5 nitrogen and oxygen atoms in total. The van der Waals surface area contributed by atoms with E-state index in [0.717, 1.165) is 17.7 Å². The zero-order valence-electron chi connectivity index (χ0n) is 16.9. The molecule has 150 valence electrons. The Balaban J connectivity index is 1.49. The molecule has 5 heteroatoms. The molecule has 0 heterocycles. The number of hydrogen-bond acceptors (Lipinski definition) is 2. The van der Waals surface area contributed by atoms with Gasteiger partial charge in [0.25, 0.3) is 5.91 Å². The molecule has 3 aromatic carbocycles. The van der Waals surface area contributed by atoms with Crippen LogP contribution in [0.2, 0.25) is 0 Å². The second kappa shape index (κ2) is 9.85. The molecule has 0 saturated heterocycles. The van der Waals surface area contributed by atoms with Crippen LogP contribution in [0.5, 0.6) is 0 Å². The fourth-order valence-corrected chi connectivity index (χ4v) is 3.45. The number of fused-ring (bicyclic) bond motifs is 1. The molecule has 0 spiro atoms. The second-order valence-corrected chi connectivity index (χ2v) is 7.13. The number of rotatable bonds is 8. The van der Waals surface area contributed by atoms with Crippen molar-refractivity contribution in [2.45, 2.75) is 26.3 Å². The lowest BCUT2D eigenvalue weighted by Gasteiger charge is -2.14. The van der Waals surface area contributed by atoms with Crippen LogP contribution < -0.4 is 16.0 Å². The molecule has 0 fully saturated rings. The molecule has 0 unspecified atom stereocenters. The third-order valence-corrected chi connectivity index (χ3v) is 5.09. The van der Waals surface area contributed by atoms with Crippen LogP contribution >= 0.6 is 0 Å². The van der Waals surface area contributed by atoms with Crippen LogP contribution in [0.3, 0.4) is 0 Å². The van der Waals surface area contributed by atoms with E-state index in [4.69, 9.17) is 0 Å². The Hall–Kier alpha value is -3.18. The minimum absolute atomic E-state index is 0.0344. The Morgan fingerprint density at radius 1 is 0.931 bits per heavy atom. The van der Waals surface area contributed by atoms with Gasteiger partial charge in [0.1, 0.15) is 6.04 Å². The molecule has 4 N–H and O–H groups in total. The van der Waals surface area contributed by atoms with Crippen LogP contribution in [-0.4, -0.2) is 24.9 Å². The molecule has 2 amide bonds. The summed E-state index contributed by atoms with van der Waals surface area (Å²) in [5.74, 6) is -0.377. The summed E-state index contributed by atoms with van der Waals surface area (Å²) in [6.45, 7) is 4.36. The number of benzene rings is 3. The van der Waals surface area contributed by atoms with E-state index in [2.05, 4.69) is 41.8 Å². The zero-order chi connectivity index (χ0) is 20.6. The summed E-state index contributed by atoms with van der Waals surface area (Å²) in [7, 11) is 0. The number of anilines is 1. The zero-order valence-corrected chi connectivity index (χ0v) is 16.9. The number of hydrogen-bond donors (Lipinski definition) is 3. The fraction of sp³-hybridized carbons (Fsp3) is 0.250. The van der Waals surface area contributed by atoms with Crippen LogP contribution in [0, 0.1) is 0 Å². The van der Waals surface area contributed by atoms with Crippen molar-refractivity contribution in [2.75, 3.05) is 18.4 Å². The summed E-state index contributed by atoms with van der Waals surface area (Å²) in [6, 6.07) is 22.3. The first-order valence-corrected chi connectivity index (χ1v) is 10.0. The lowest BCUT2D eigenvalue weighted by molar-refractivity contribution is -0.682. The van der Waals surface area contributed by atoms with Crippen molar-refractivity contribution in [1.82, 2.24) is 5.32 Å². The average molecular weight is 391 g/mol. The van der Waals surface area contributed by atoms with Gasteiger partial charge in [-0.25, -0.2) is 0 Å². The maximum absolute atomic E-state index is 12.2. The quantitative estimate of drug-likeness (QED) is 0.553. The topological polar surface area (TPSA) is 74.8 Å². The van der Waals surface area contributed by atoms with E-state index in [0.29, 0.717) is 0 Å². The van der Waals surface area contributed by atoms with Gasteiger partial charge in [0.2, 0.25) is 5.91 Å². The standard InChI is InChI=1S/C24H27N3O2/c1-3-18-9-5-7-14-22(18)27-24(29)16-26-23(28)15-25-17(2)20-13-8-11-19-10-4-6-12-21(19)20/h4-14,17,25H,3,15-16H2,1-2H3,(H,26,28)(H,27,29)/p+1/t17-/m0/s1. The number of quaternary nitrogens is 1. The third-order valence-electron chi connectivity index (χ3n) is 5.09. The lowest BCUT2D eigenvalue weighted by atomic mass is 10.00. The lowest BCUT2D eigenvalue weighted by Crippen LogP contribution is -2.87. The Kier molecular flexibility index (Phi) is 6.98. The van der Waals surface area contributed by atoms with E-state index >= 15 is 0 Å². The van der Waals surface area contributed by atoms with Gasteiger partial charge in [-0.05, 0) is 35.7 Å². The van der Waals surface area contributed by atoms with Crippen molar-refractivity contribution < 1.29 is 14.9 Å². The Morgan fingerprint density at radius 2 is 1.66 bits per heavy atom. The second-order valence-electron chi connectivity index (χ2n) is 7.13. The van der Waals surface area contributed by atoms with Crippen LogP contribution in [-0.2, 0) is 16.0 Å². The number of aryl methyl sites for hydroxylation is 1. The highest BCUT2D eigenvalue weighted by molar-refractivity contribution is 5.95. The van der Waals surface area contributed by atoms with Gasteiger partial charge < -0.3 is 16.0 Å². The molecule has 29 heavy (non-hydrogen) atoms. The minimum atomic E-state index is -0.221. The fourth-order valence-electron chi connectivity index (χ4n) is 3.45. The van der Waals surface area contributed by atoms with Crippen molar-refractivity contribution in [3.05, 3.63) is 77.9 Å². The molecule has 1 atom stereocenters. The molecule has 0 aliphatic heterocycles. The first-order chi connectivity index (χ1) is 14.1. The molecule has 0 aromatic heterocycles. The van der Waals surface area contributed by atoms with Crippen LogP contribution in [0.1, 0.15) is 31.0 Å². The first-order valence-electron chi connectivity index (χ1n) is 10.0. The number of carbonyl (C=O) groups excluding carboxylic acids is 2. The Labute approximate surface area is 171 Å². The molecule has 3 aromatic rings. The largest absolute Gasteiger partial charge is 0.342 e. The maximum Gasteiger partial charge on any atom is 0.275 e. The van der Waals surface area contributed by atoms with Gasteiger partial charge in [-0.15, -0.1) is 0 Å². The van der Waals surface area contributed by atoms with Gasteiger partial charge in [0.15, 0.2) is 6.54 Å². The van der Waals surface area contributed by atoms with Gasteiger partial charge in [-0.2, -0.15) is 0 Å². The average Bonchev–Trinajstić information content (AvgIpc) is 2.76. The van der Waals surface area contributed by atoms with Crippen molar-refractivity contribution in [1.29, 1.82) is 0 Å². The Bertz CT molecular complexity index is 995. The van der Waals surface area contributed by atoms with Gasteiger partial charge in [0.05, 0.1) is 6.54 Å². The molecule has 0 bridgehead atoms. The summed E-state index contributed by atoms with van der Waals surface area (Å²) in [5.41, 5.74) is 3.07. The van der Waals surface area contributed by atoms with E-state index in [9.17, 15) is 9.59 Å². The normalized spacial score (nSPS) is 11.8. The molecule has 0 saturated carbocycles. The van der Waals surface area contributed by atoms with Gasteiger partial charge in [0, 0.05) is 11.3 Å². The van der Waals surface area contributed by atoms with Crippen LogP contribution in [0.15, 0.2) is 66.7 Å². The number of nitrogens with two attached hydrogens (primary N) is 1. The predicted molar refractivity (Wildman–Crippen MR) is 117 cm³/mol. The van der Waals surface area contributed by atoms with Crippen molar-refractivity contribution in [2.24, 2.45) is 0 Å². The van der Waals surface area contributed by atoms with Crippen molar-refractivity contribution in [3.8, 4) is 0 Å². The van der Waals surface area contributed by atoms with Crippen LogP contribution in [0.4, 0.5) is 5.69 Å². The van der Waals surface area contributed by atoms with E-state index in [1.165, 1.54) is 16.3 Å². The van der Waals surface area contributed by atoms with E-state index in [-0.39, 0.29) is 30.9 Å². The Morgan fingerprint density at radius 3 is 2.48 bits per heavy atom. The number of amides is 2. The first kappa shape index (κ1) is 20.6. The third kappa shape index (κ3) is 5.42.